The van der Waals surface area contributed by atoms with E-state index in [9.17, 15) is 5.11 Å². The van der Waals surface area contributed by atoms with E-state index in [1.54, 1.807) is 11.3 Å². The number of thiazole rings is 1. The van der Waals surface area contributed by atoms with Crippen LogP contribution in [0.15, 0.2) is 23.6 Å². The Morgan fingerprint density at radius 1 is 1.30 bits per heavy atom. The minimum Gasteiger partial charge on any atom is -0.493 e. The zero-order valence-corrected chi connectivity index (χ0v) is 12.6. The van der Waals surface area contributed by atoms with Crippen LogP contribution in [0.5, 0.6) is 11.5 Å². The van der Waals surface area contributed by atoms with Gasteiger partial charge in [0.1, 0.15) is 23.1 Å². The van der Waals surface area contributed by atoms with E-state index < -0.39 is 0 Å². The van der Waals surface area contributed by atoms with E-state index in [0.29, 0.717) is 19.0 Å². The third-order valence-corrected chi connectivity index (χ3v) is 3.64. The molecule has 4 nitrogen and oxygen atoms in total. The summed E-state index contributed by atoms with van der Waals surface area (Å²) in [7, 11) is 0. The average molecular weight is 293 g/mol. The molecule has 1 heterocycles. The summed E-state index contributed by atoms with van der Waals surface area (Å²) >= 11 is 1.57. The number of hydrogen-bond donors (Lipinski definition) is 1. The fourth-order valence-electron chi connectivity index (χ4n) is 1.72. The molecule has 0 aliphatic carbocycles. The summed E-state index contributed by atoms with van der Waals surface area (Å²) in [6.07, 6.45) is 0.955. The molecule has 0 saturated heterocycles. The molecule has 108 valence electrons. The van der Waals surface area contributed by atoms with Crippen molar-refractivity contribution in [2.75, 3.05) is 6.61 Å². The van der Waals surface area contributed by atoms with Crippen LogP contribution in [0.3, 0.4) is 0 Å². The van der Waals surface area contributed by atoms with Gasteiger partial charge in [0, 0.05) is 22.7 Å². The molecule has 1 aromatic carbocycles. The molecule has 1 aromatic heterocycles. The summed E-state index contributed by atoms with van der Waals surface area (Å²) in [5.74, 6) is 1.41. The average Bonchev–Trinajstić information content (AvgIpc) is 2.88. The van der Waals surface area contributed by atoms with Crippen LogP contribution in [0.1, 0.15) is 29.6 Å². The topological polar surface area (TPSA) is 51.6 Å². The van der Waals surface area contributed by atoms with Gasteiger partial charge in [-0.1, -0.05) is 6.92 Å². The van der Waals surface area contributed by atoms with Crippen molar-refractivity contribution in [3.8, 4) is 11.5 Å². The number of aliphatic hydroxyl groups is 1. The molecule has 0 fully saturated rings. The van der Waals surface area contributed by atoms with Crippen molar-refractivity contribution < 1.29 is 14.6 Å². The molecule has 0 aliphatic rings. The van der Waals surface area contributed by atoms with Crippen LogP contribution >= 0.6 is 11.3 Å². The van der Waals surface area contributed by atoms with E-state index in [0.717, 1.165) is 28.4 Å². The summed E-state index contributed by atoms with van der Waals surface area (Å²) in [4.78, 5) is 4.35. The zero-order chi connectivity index (χ0) is 14.4. The molecule has 0 bridgehead atoms. The molecule has 0 atom stereocenters. The number of benzene rings is 1. The maximum atomic E-state index is 9.35. The third-order valence-electron chi connectivity index (χ3n) is 2.70. The fourth-order valence-corrected chi connectivity index (χ4v) is 2.40. The number of aromatic nitrogens is 1. The SMILES string of the molecule is CCCOc1ccc(CO)c(OCc2nc(C)cs2)c1. The minimum atomic E-state index is -0.0553. The van der Waals surface area contributed by atoms with Gasteiger partial charge in [0.2, 0.25) is 0 Å². The lowest BCUT2D eigenvalue weighted by atomic mass is 10.2. The lowest BCUT2D eigenvalue weighted by molar-refractivity contribution is 0.256. The number of hydrogen-bond acceptors (Lipinski definition) is 5. The smallest absolute Gasteiger partial charge is 0.140 e. The van der Waals surface area contributed by atoms with Gasteiger partial charge in [-0.3, -0.25) is 0 Å². The number of ether oxygens (including phenoxy) is 2. The van der Waals surface area contributed by atoms with Crippen molar-refractivity contribution in [3.05, 3.63) is 39.8 Å². The molecule has 5 heteroatoms. The molecule has 2 aromatic rings. The maximum absolute atomic E-state index is 9.35. The van der Waals surface area contributed by atoms with Crippen LogP contribution in [0.2, 0.25) is 0 Å². The second-order valence-electron chi connectivity index (χ2n) is 4.45. The Morgan fingerprint density at radius 3 is 2.80 bits per heavy atom. The molecule has 1 N–H and O–H groups in total. The van der Waals surface area contributed by atoms with Crippen molar-refractivity contribution in [2.24, 2.45) is 0 Å². The highest BCUT2D eigenvalue weighted by Crippen LogP contribution is 2.26. The predicted octanol–water partition coefficient (Wildman–Crippen LogP) is 3.31. The lowest BCUT2D eigenvalue weighted by Crippen LogP contribution is -2.01. The number of aryl methyl sites for hydroxylation is 1. The second kappa shape index (κ2) is 7.26. The Labute approximate surface area is 123 Å². The van der Waals surface area contributed by atoms with Crippen LogP contribution in [0, 0.1) is 6.92 Å². The van der Waals surface area contributed by atoms with Gasteiger partial charge in [-0.2, -0.15) is 0 Å². The highest BCUT2D eigenvalue weighted by Gasteiger charge is 2.07. The molecule has 0 amide bonds. The summed E-state index contributed by atoms with van der Waals surface area (Å²) in [6, 6.07) is 5.50. The number of aliphatic hydroxyl groups excluding tert-OH is 1. The van der Waals surface area contributed by atoms with E-state index in [1.807, 2.05) is 30.5 Å². The predicted molar refractivity (Wildman–Crippen MR) is 79.3 cm³/mol. The van der Waals surface area contributed by atoms with Crippen LogP contribution in [-0.2, 0) is 13.2 Å². The number of nitrogens with zero attached hydrogens (tertiary/aromatic N) is 1. The van der Waals surface area contributed by atoms with Gasteiger partial charge in [0.25, 0.3) is 0 Å². The largest absolute Gasteiger partial charge is 0.493 e. The first-order valence-corrected chi connectivity index (χ1v) is 7.51. The monoisotopic (exact) mass is 293 g/mol. The van der Waals surface area contributed by atoms with Crippen LogP contribution in [0.25, 0.3) is 0 Å². The Hall–Kier alpha value is -1.59. The number of rotatable bonds is 7. The van der Waals surface area contributed by atoms with Gasteiger partial charge in [0.05, 0.1) is 13.2 Å². The molecule has 0 saturated carbocycles. The van der Waals surface area contributed by atoms with Crippen molar-refractivity contribution in [2.45, 2.75) is 33.5 Å². The van der Waals surface area contributed by atoms with Crippen molar-refractivity contribution in [1.82, 2.24) is 4.98 Å². The Kier molecular flexibility index (Phi) is 5.38. The molecule has 0 aliphatic heterocycles. The van der Waals surface area contributed by atoms with Crippen molar-refractivity contribution >= 4 is 11.3 Å². The summed E-state index contributed by atoms with van der Waals surface area (Å²) in [5.41, 5.74) is 1.75. The fraction of sp³-hybridized carbons (Fsp3) is 0.400. The van der Waals surface area contributed by atoms with E-state index in [2.05, 4.69) is 11.9 Å². The molecular weight excluding hydrogens is 274 g/mol. The standard InChI is InChI=1S/C15H19NO3S/c1-3-6-18-13-5-4-12(8-17)14(7-13)19-9-15-16-11(2)10-20-15/h4-5,7,10,17H,3,6,8-9H2,1-2H3. The molecule has 20 heavy (non-hydrogen) atoms. The van der Waals surface area contributed by atoms with Gasteiger partial charge in [0.15, 0.2) is 0 Å². The Bertz CT molecular complexity index is 554. The van der Waals surface area contributed by atoms with Crippen LogP contribution in [0.4, 0.5) is 0 Å². The van der Waals surface area contributed by atoms with Gasteiger partial charge in [-0.15, -0.1) is 11.3 Å². The van der Waals surface area contributed by atoms with Gasteiger partial charge >= 0.3 is 0 Å². The molecule has 0 spiro atoms. The highest BCUT2D eigenvalue weighted by atomic mass is 32.1. The van der Waals surface area contributed by atoms with Crippen LogP contribution < -0.4 is 9.47 Å². The van der Waals surface area contributed by atoms with E-state index in [1.165, 1.54) is 0 Å². The third kappa shape index (κ3) is 3.95. The quantitative estimate of drug-likeness (QED) is 0.851. The maximum Gasteiger partial charge on any atom is 0.140 e. The molecule has 0 radical (unpaired) electrons. The van der Waals surface area contributed by atoms with Crippen molar-refractivity contribution in [1.29, 1.82) is 0 Å². The van der Waals surface area contributed by atoms with Gasteiger partial charge in [-0.05, 0) is 25.5 Å². The zero-order valence-electron chi connectivity index (χ0n) is 11.8. The second-order valence-corrected chi connectivity index (χ2v) is 5.39. The lowest BCUT2D eigenvalue weighted by Gasteiger charge is -2.11. The Balaban J connectivity index is 2.07. The van der Waals surface area contributed by atoms with Gasteiger partial charge in [-0.25, -0.2) is 4.98 Å². The Morgan fingerprint density at radius 2 is 2.15 bits per heavy atom. The van der Waals surface area contributed by atoms with E-state index >= 15 is 0 Å². The first kappa shape index (κ1) is 14.8. The highest BCUT2D eigenvalue weighted by molar-refractivity contribution is 7.09. The molecular formula is C15H19NO3S. The molecule has 2 rings (SSSR count). The van der Waals surface area contributed by atoms with Crippen molar-refractivity contribution in [3.63, 3.8) is 0 Å². The molecule has 0 unspecified atom stereocenters. The normalized spacial score (nSPS) is 10.6. The summed E-state index contributed by atoms with van der Waals surface area (Å²) in [5, 5.41) is 12.3. The van der Waals surface area contributed by atoms with E-state index in [-0.39, 0.29) is 6.61 Å². The van der Waals surface area contributed by atoms with Gasteiger partial charge < -0.3 is 14.6 Å². The summed E-state index contributed by atoms with van der Waals surface area (Å²) in [6.45, 7) is 5.04. The first-order chi connectivity index (χ1) is 9.72. The first-order valence-electron chi connectivity index (χ1n) is 6.63. The summed E-state index contributed by atoms with van der Waals surface area (Å²) < 4.78 is 11.3. The van der Waals surface area contributed by atoms with E-state index in [4.69, 9.17) is 9.47 Å². The minimum absolute atomic E-state index is 0.0553. The van der Waals surface area contributed by atoms with Crippen LogP contribution in [-0.4, -0.2) is 16.7 Å².